The Morgan fingerprint density at radius 3 is 2.11 bits per heavy atom. The normalized spacial score (nSPS) is 24.5. The molecule has 0 aromatic rings. The molecule has 0 bridgehead atoms. The molecule has 1 heterocycles. The Hall–Kier alpha value is -0.800. The van der Waals surface area contributed by atoms with Gasteiger partial charge in [-0.25, -0.2) is 9.21 Å². The van der Waals surface area contributed by atoms with Crippen LogP contribution in [0.1, 0.15) is 47.0 Å². The van der Waals surface area contributed by atoms with Crippen molar-refractivity contribution in [3.8, 4) is 0 Å². The number of esters is 1. The Kier molecular flexibility index (Phi) is 4.53. The van der Waals surface area contributed by atoms with Gasteiger partial charge in [-0.3, -0.25) is 0 Å². The number of carbonyl (C=O) groups excluding carboxylic acids is 1. The van der Waals surface area contributed by atoms with Gasteiger partial charge in [0.1, 0.15) is 5.60 Å². The summed E-state index contributed by atoms with van der Waals surface area (Å²) in [5.41, 5.74) is -1.10. The number of ether oxygens (including phenoxy) is 1. The fourth-order valence-corrected chi connectivity index (χ4v) is 3.49. The molecule has 1 saturated heterocycles. The van der Waals surface area contributed by atoms with Crippen LogP contribution in [0, 0.1) is 0 Å². The molecule has 0 spiro atoms. The van der Waals surface area contributed by atoms with E-state index in [1.165, 1.54) is 6.08 Å². The highest BCUT2D eigenvalue weighted by molar-refractivity contribution is 6.14. The molecule has 4 heteroatoms. The van der Waals surface area contributed by atoms with Gasteiger partial charge in [-0.05, 0) is 39.5 Å². The highest BCUT2D eigenvalue weighted by atomic mass is 35.5. The van der Waals surface area contributed by atoms with Gasteiger partial charge in [-0.15, -0.1) is 6.58 Å². The molecule has 0 saturated carbocycles. The molecule has 0 atom stereocenters. The average Bonchev–Trinajstić information content (AvgIpc) is 2.25. The van der Waals surface area contributed by atoms with Gasteiger partial charge >= 0.3 is 5.97 Å². The van der Waals surface area contributed by atoms with Gasteiger partial charge in [0, 0.05) is 36.4 Å². The number of nitrogens with zero attached hydrogens (tertiary/aromatic N) is 1. The van der Waals surface area contributed by atoms with Gasteiger partial charge < -0.3 is 4.74 Å². The van der Waals surface area contributed by atoms with E-state index >= 15 is 0 Å². The zero-order valence-corrected chi connectivity index (χ0v) is 13.1. The van der Waals surface area contributed by atoms with Gasteiger partial charge in [0.15, 0.2) is 0 Å². The summed E-state index contributed by atoms with van der Waals surface area (Å²) >= 11 is 6.44. The standard InChI is InChI=1S/C15H24ClNO2/c1-7-9-15(19-12(18)8-2)10-13(3,4)17(16)14(5,6)11-15/h7-8H,1-2,9-11H2,3-6H3. The first-order valence-electron chi connectivity index (χ1n) is 6.51. The highest BCUT2D eigenvalue weighted by Gasteiger charge is 2.53. The van der Waals surface area contributed by atoms with Crippen molar-refractivity contribution in [2.75, 3.05) is 0 Å². The highest BCUT2D eigenvalue weighted by Crippen LogP contribution is 2.48. The van der Waals surface area contributed by atoms with Crippen molar-refractivity contribution in [2.45, 2.75) is 63.6 Å². The van der Waals surface area contributed by atoms with E-state index < -0.39 is 11.6 Å². The second-order valence-electron chi connectivity index (χ2n) is 6.56. The van der Waals surface area contributed by atoms with Crippen molar-refractivity contribution in [1.82, 2.24) is 4.42 Å². The Bertz CT molecular complexity index is 370. The second-order valence-corrected chi connectivity index (χ2v) is 6.90. The molecule has 1 aliphatic heterocycles. The number of hydrogen-bond donors (Lipinski definition) is 0. The van der Waals surface area contributed by atoms with Crippen molar-refractivity contribution >= 4 is 17.7 Å². The molecule has 0 N–H and O–H groups in total. The van der Waals surface area contributed by atoms with E-state index in [0.717, 1.165) is 0 Å². The fourth-order valence-electron chi connectivity index (χ4n) is 3.37. The summed E-state index contributed by atoms with van der Waals surface area (Å²) in [5.74, 6) is -0.392. The lowest BCUT2D eigenvalue weighted by atomic mass is 9.71. The first-order chi connectivity index (χ1) is 8.58. The summed E-state index contributed by atoms with van der Waals surface area (Å²) in [6.07, 6.45) is 4.95. The predicted molar refractivity (Wildman–Crippen MR) is 78.9 cm³/mol. The molecule has 108 valence electrons. The molecular formula is C15H24ClNO2. The summed E-state index contributed by atoms with van der Waals surface area (Å²) in [6, 6.07) is 0. The van der Waals surface area contributed by atoms with Crippen LogP contribution >= 0.6 is 11.8 Å². The number of carbonyl (C=O) groups is 1. The van der Waals surface area contributed by atoms with Crippen molar-refractivity contribution in [3.63, 3.8) is 0 Å². The molecule has 0 aromatic carbocycles. The van der Waals surface area contributed by atoms with Crippen LogP contribution < -0.4 is 0 Å². The summed E-state index contributed by atoms with van der Waals surface area (Å²) in [6.45, 7) is 15.5. The molecular weight excluding hydrogens is 262 g/mol. The molecule has 0 radical (unpaired) electrons. The van der Waals surface area contributed by atoms with Crippen molar-refractivity contribution < 1.29 is 9.53 Å². The summed E-state index contributed by atoms with van der Waals surface area (Å²) in [5, 5.41) is 0. The molecule has 19 heavy (non-hydrogen) atoms. The summed E-state index contributed by atoms with van der Waals surface area (Å²) in [4.78, 5) is 11.6. The van der Waals surface area contributed by atoms with E-state index in [9.17, 15) is 4.79 Å². The average molecular weight is 286 g/mol. The number of piperidine rings is 1. The molecule has 0 amide bonds. The van der Waals surface area contributed by atoms with E-state index in [1.54, 1.807) is 6.08 Å². The molecule has 1 rings (SSSR count). The molecule has 1 fully saturated rings. The third-order valence-corrected chi connectivity index (χ3v) is 4.49. The molecule has 3 nitrogen and oxygen atoms in total. The van der Waals surface area contributed by atoms with Crippen LogP contribution in [0.5, 0.6) is 0 Å². The van der Waals surface area contributed by atoms with E-state index in [4.69, 9.17) is 16.5 Å². The first kappa shape index (κ1) is 16.3. The molecule has 0 unspecified atom stereocenters. The van der Waals surface area contributed by atoms with Crippen LogP contribution in [0.15, 0.2) is 25.3 Å². The monoisotopic (exact) mass is 285 g/mol. The van der Waals surface area contributed by atoms with E-state index in [0.29, 0.717) is 19.3 Å². The van der Waals surface area contributed by atoms with Crippen molar-refractivity contribution in [3.05, 3.63) is 25.3 Å². The Morgan fingerprint density at radius 1 is 1.26 bits per heavy atom. The van der Waals surface area contributed by atoms with Crippen LogP contribution in [0.4, 0.5) is 0 Å². The lowest BCUT2D eigenvalue weighted by Crippen LogP contribution is -2.62. The first-order valence-corrected chi connectivity index (χ1v) is 6.85. The van der Waals surface area contributed by atoms with Crippen LogP contribution in [0.2, 0.25) is 0 Å². The Labute approximate surface area is 121 Å². The quantitative estimate of drug-likeness (QED) is 0.340. The van der Waals surface area contributed by atoms with Crippen LogP contribution in [-0.2, 0) is 9.53 Å². The summed E-state index contributed by atoms with van der Waals surface area (Å²) < 4.78 is 7.51. The maximum atomic E-state index is 11.6. The van der Waals surface area contributed by atoms with Crippen molar-refractivity contribution in [2.24, 2.45) is 0 Å². The van der Waals surface area contributed by atoms with E-state index in [1.807, 2.05) is 4.42 Å². The lowest BCUT2D eigenvalue weighted by molar-refractivity contribution is -0.170. The van der Waals surface area contributed by atoms with Gasteiger partial charge in [0.25, 0.3) is 0 Å². The largest absolute Gasteiger partial charge is 0.455 e. The minimum Gasteiger partial charge on any atom is -0.455 e. The second kappa shape index (κ2) is 5.29. The minimum atomic E-state index is -0.564. The van der Waals surface area contributed by atoms with E-state index in [-0.39, 0.29) is 11.1 Å². The molecule has 0 aliphatic carbocycles. The topological polar surface area (TPSA) is 29.5 Å². The fraction of sp³-hybridized carbons (Fsp3) is 0.667. The van der Waals surface area contributed by atoms with Gasteiger partial charge in [-0.1, -0.05) is 12.7 Å². The van der Waals surface area contributed by atoms with Gasteiger partial charge in [0.05, 0.1) is 0 Å². The van der Waals surface area contributed by atoms with Gasteiger partial charge in [0.2, 0.25) is 0 Å². The lowest BCUT2D eigenvalue weighted by Gasteiger charge is -2.55. The zero-order valence-electron chi connectivity index (χ0n) is 12.3. The Balaban J connectivity index is 3.14. The molecule has 1 aliphatic rings. The van der Waals surface area contributed by atoms with Crippen molar-refractivity contribution in [1.29, 1.82) is 0 Å². The number of hydrogen-bond acceptors (Lipinski definition) is 3. The summed E-state index contributed by atoms with van der Waals surface area (Å²) in [7, 11) is 0. The molecule has 0 aromatic heterocycles. The smallest absolute Gasteiger partial charge is 0.330 e. The number of halogens is 1. The third-order valence-electron chi connectivity index (χ3n) is 3.57. The van der Waals surface area contributed by atoms with Crippen LogP contribution in [-0.4, -0.2) is 27.1 Å². The minimum absolute atomic E-state index is 0.270. The maximum Gasteiger partial charge on any atom is 0.330 e. The van der Waals surface area contributed by atoms with Crippen LogP contribution in [0.3, 0.4) is 0 Å². The Morgan fingerprint density at radius 2 is 1.74 bits per heavy atom. The number of rotatable bonds is 4. The third kappa shape index (κ3) is 3.40. The van der Waals surface area contributed by atoms with E-state index in [2.05, 4.69) is 40.9 Å². The maximum absolute atomic E-state index is 11.6. The zero-order chi connectivity index (χ0) is 14.9. The van der Waals surface area contributed by atoms with Gasteiger partial charge in [-0.2, -0.15) is 0 Å². The van der Waals surface area contributed by atoms with Crippen LogP contribution in [0.25, 0.3) is 0 Å². The predicted octanol–water partition coefficient (Wildman–Crippen LogP) is 3.84. The SMILES string of the molecule is C=CCC1(OC(=O)C=C)CC(C)(C)N(Cl)C(C)(C)C1.